The van der Waals surface area contributed by atoms with E-state index in [0.717, 1.165) is 25.0 Å². The van der Waals surface area contributed by atoms with Crippen molar-refractivity contribution in [1.82, 2.24) is 5.32 Å². The van der Waals surface area contributed by atoms with Gasteiger partial charge in [0.1, 0.15) is 6.61 Å². The van der Waals surface area contributed by atoms with Crippen molar-refractivity contribution >= 4 is 12.1 Å². The van der Waals surface area contributed by atoms with Gasteiger partial charge < -0.3 is 24.3 Å². The summed E-state index contributed by atoms with van der Waals surface area (Å²) in [6, 6.07) is 9.41. The molecule has 1 aromatic rings. The number of amides is 1. The molecule has 0 aliphatic rings. The Morgan fingerprint density at radius 1 is 1.07 bits per heavy atom. The lowest BCUT2D eigenvalue weighted by molar-refractivity contribution is -0.138. The van der Waals surface area contributed by atoms with Crippen LogP contribution >= 0.6 is 0 Å². The van der Waals surface area contributed by atoms with Crippen molar-refractivity contribution in [3.8, 4) is 0 Å². The van der Waals surface area contributed by atoms with Gasteiger partial charge in [0, 0.05) is 25.4 Å². The summed E-state index contributed by atoms with van der Waals surface area (Å²) in [5.41, 5.74) is 1.16. The van der Waals surface area contributed by atoms with Crippen molar-refractivity contribution in [3.05, 3.63) is 48.0 Å². The van der Waals surface area contributed by atoms with E-state index in [1.54, 1.807) is 6.92 Å². The molecule has 156 valence electrons. The molecule has 1 rings (SSSR count). The lowest BCUT2D eigenvalue weighted by atomic mass is 10.1. The number of benzene rings is 1. The Morgan fingerprint density at radius 3 is 2.39 bits per heavy atom. The Morgan fingerprint density at radius 2 is 1.75 bits per heavy atom. The van der Waals surface area contributed by atoms with Crippen LogP contribution in [0.5, 0.6) is 0 Å². The molecule has 0 aliphatic carbocycles. The molecule has 7 nitrogen and oxygen atoms in total. The summed E-state index contributed by atoms with van der Waals surface area (Å²) in [5, 5.41) is 2.56. The topological polar surface area (TPSA) is 83.1 Å². The minimum Gasteiger partial charge on any atom is -0.460 e. The number of hydrogen-bond acceptors (Lipinski definition) is 6. The first-order valence-corrected chi connectivity index (χ1v) is 9.52. The van der Waals surface area contributed by atoms with E-state index in [1.165, 1.54) is 0 Å². The van der Waals surface area contributed by atoms with Crippen LogP contribution in [-0.2, 0) is 23.7 Å². The van der Waals surface area contributed by atoms with E-state index in [2.05, 4.69) is 11.9 Å². The first-order valence-electron chi connectivity index (χ1n) is 9.52. The Balaban J connectivity index is 2.38. The second-order valence-corrected chi connectivity index (χ2v) is 6.13. The summed E-state index contributed by atoms with van der Waals surface area (Å²) in [6.45, 7) is 9.48. The second kappa shape index (κ2) is 14.6. The zero-order chi connectivity index (χ0) is 20.6. The van der Waals surface area contributed by atoms with E-state index in [1.807, 2.05) is 37.3 Å². The second-order valence-electron chi connectivity index (χ2n) is 6.13. The zero-order valence-corrected chi connectivity index (χ0v) is 16.8. The summed E-state index contributed by atoms with van der Waals surface area (Å²) < 4.78 is 21.4. The van der Waals surface area contributed by atoms with Crippen molar-refractivity contribution in [1.29, 1.82) is 0 Å². The highest BCUT2D eigenvalue weighted by Crippen LogP contribution is 2.18. The van der Waals surface area contributed by atoms with E-state index in [9.17, 15) is 9.59 Å². The predicted octanol–water partition coefficient (Wildman–Crippen LogP) is 3.41. The summed E-state index contributed by atoms with van der Waals surface area (Å²) >= 11 is 0. The highest BCUT2D eigenvalue weighted by molar-refractivity contribution is 5.86. The fraction of sp³-hybridized carbons (Fsp3) is 0.524. The molecular formula is C21H31NO6. The number of alkyl carbamates (subject to hydrolysis) is 1. The lowest BCUT2D eigenvalue weighted by Crippen LogP contribution is -2.31. The van der Waals surface area contributed by atoms with E-state index in [4.69, 9.17) is 18.9 Å². The van der Waals surface area contributed by atoms with Crippen LogP contribution in [0.25, 0.3) is 0 Å². The van der Waals surface area contributed by atoms with Gasteiger partial charge >= 0.3 is 12.1 Å². The number of carbonyl (C=O) groups excluding carboxylic acids is 2. The molecule has 0 fully saturated rings. The summed E-state index contributed by atoms with van der Waals surface area (Å²) in [7, 11) is 0. The van der Waals surface area contributed by atoms with E-state index >= 15 is 0 Å². The van der Waals surface area contributed by atoms with Gasteiger partial charge in [-0.3, -0.25) is 0 Å². The molecule has 0 saturated heterocycles. The average molecular weight is 393 g/mol. The van der Waals surface area contributed by atoms with Crippen LogP contribution in [-0.4, -0.2) is 51.6 Å². The Hall–Kier alpha value is -2.38. The van der Waals surface area contributed by atoms with Gasteiger partial charge in [0.25, 0.3) is 0 Å². The molecule has 1 N–H and O–H groups in total. The van der Waals surface area contributed by atoms with Crippen LogP contribution in [0.4, 0.5) is 4.79 Å². The van der Waals surface area contributed by atoms with Gasteiger partial charge in [-0.2, -0.15) is 0 Å². The van der Waals surface area contributed by atoms with Gasteiger partial charge in [-0.05, 0) is 32.3 Å². The molecular weight excluding hydrogens is 362 g/mol. The molecule has 0 radical (unpaired) electrons. The van der Waals surface area contributed by atoms with Gasteiger partial charge in [0.15, 0.2) is 6.10 Å². The van der Waals surface area contributed by atoms with E-state index < -0.39 is 18.2 Å². The van der Waals surface area contributed by atoms with Crippen LogP contribution in [0.1, 0.15) is 38.4 Å². The summed E-state index contributed by atoms with van der Waals surface area (Å²) in [4.78, 5) is 23.3. The van der Waals surface area contributed by atoms with Crippen molar-refractivity contribution in [2.45, 2.75) is 32.8 Å². The number of unbranched alkanes of at least 4 members (excludes halogenated alkanes) is 1. The molecule has 0 spiro atoms. The van der Waals surface area contributed by atoms with Crippen molar-refractivity contribution in [2.24, 2.45) is 0 Å². The third-order valence-corrected chi connectivity index (χ3v) is 3.67. The molecule has 1 amide bonds. The first-order chi connectivity index (χ1) is 13.5. The maximum atomic E-state index is 12.0. The molecule has 28 heavy (non-hydrogen) atoms. The van der Waals surface area contributed by atoms with Crippen LogP contribution < -0.4 is 5.32 Å². The Bertz CT molecular complexity index is 590. The first kappa shape index (κ1) is 23.7. The van der Waals surface area contributed by atoms with Gasteiger partial charge in [0.05, 0.1) is 13.2 Å². The Labute approximate surface area is 167 Å². The van der Waals surface area contributed by atoms with Crippen molar-refractivity contribution in [3.63, 3.8) is 0 Å². The average Bonchev–Trinajstić information content (AvgIpc) is 2.70. The highest BCUT2D eigenvalue weighted by atomic mass is 16.6. The molecule has 0 aromatic heterocycles. The monoisotopic (exact) mass is 393 g/mol. The van der Waals surface area contributed by atoms with Crippen LogP contribution in [0.3, 0.4) is 0 Å². The van der Waals surface area contributed by atoms with E-state index in [0.29, 0.717) is 18.8 Å². The molecule has 1 atom stereocenters. The summed E-state index contributed by atoms with van der Waals surface area (Å²) in [5.74, 6) is -0.491. The van der Waals surface area contributed by atoms with Gasteiger partial charge in [-0.25, -0.2) is 9.59 Å². The SMILES string of the molecule is C=C(C)C(=O)OCCNC(=O)OC(COCCCCOCC)c1ccccc1. The number of ether oxygens (including phenoxy) is 4. The van der Waals surface area contributed by atoms with Gasteiger partial charge in [0.2, 0.25) is 0 Å². The summed E-state index contributed by atoms with van der Waals surface area (Å²) in [6.07, 6.45) is 0.682. The highest BCUT2D eigenvalue weighted by Gasteiger charge is 2.17. The molecule has 0 aliphatic heterocycles. The predicted molar refractivity (Wildman–Crippen MR) is 106 cm³/mol. The van der Waals surface area contributed by atoms with Gasteiger partial charge in [-0.1, -0.05) is 36.9 Å². The van der Waals surface area contributed by atoms with Crippen molar-refractivity contribution < 1.29 is 28.5 Å². The van der Waals surface area contributed by atoms with E-state index in [-0.39, 0.29) is 19.8 Å². The fourth-order valence-electron chi connectivity index (χ4n) is 2.20. The maximum absolute atomic E-state index is 12.0. The number of esters is 1. The Kier molecular flexibility index (Phi) is 12.4. The third-order valence-electron chi connectivity index (χ3n) is 3.67. The van der Waals surface area contributed by atoms with Crippen molar-refractivity contribution in [2.75, 3.05) is 39.6 Å². The standard InChI is InChI=1S/C21H31NO6/c1-4-25-13-8-9-14-26-16-19(18-10-6-5-7-11-18)28-21(24)22-12-15-27-20(23)17(2)3/h5-7,10-11,19H,2,4,8-9,12-16H2,1,3H3,(H,22,24). The normalized spacial score (nSPS) is 11.5. The smallest absolute Gasteiger partial charge is 0.407 e. The zero-order valence-electron chi connectivity index (χ0n) is 16.8. The lowest BCUT2D eigenvalue weighted by Gasteiger charge is -2.19. The van der Waals surface area contributed by atoms with Gasteiger partial charge in [-0.15, -0.1) is 0 Å². The number of nitrogens with one attached hydrogen (secondary N) is 1. The largest absolute Gasteiger partial charge is 0.460 e. The maximum Gasteiger partial charge on any atom is 0.407 e. The fourth-order valence-corrected chi connectivity index (χ4v) is 2.20. The molecule has 7 heteroatoms. The number of hydrogen-bond donors (Lipinski definition) is 1. The molecule has 1 unspecified atom stereocenters. The molecule has 0 bridgehead atoms. The minimum absolute atomic E-state index is 0.0487. The molecule has 0 saturated carbocycles. The quantitative estimate of drug-likeness (QED) is 0.296. The molecule has 0 heterocycles. The molecule has 1 aromatic carbocycles. The van der Waals surface area contributed by atoms with Crippen LogP contribution in [0, 0.1) is 0 Å². The number of rotatable bonds is 14. The number of carbonyl (C=O) groups is 2. The third kappa shape index (κ3) is 10.7. The minimum atomic E-state index is -0.597. The van der Waals surface area contributed by atoms with Crippen LogP contribution in [0.15, 0.2) is 42.5 Å². The van der Waals surface area contributed by atoms with Crippen LogP contribution in [0.2, 0.25) is 0 Å².